The predicted molar refractivity (Wildman–Crippen MR) is 66.1 cm³/mol. The summed E-state index contributed by atoms with van der Waals surface area (Å²) in [5.41, 5.74) is 1.56. The van der Waals surface area contributed by atoms with Crippen molar-refractivity contribution in [1.82, 2.24) is 0 Å². The van der Waals surface area contributed by atoms with Gasteiger partial charge in [0.05, 0.1) is 13.5 Å². The molecule has 1 saturated carbocycles. The van der Waals surface area contributed by atoms with Gasteiger partial charge >= 0.3 is 5.97 Å². The minimum Gasteiger partial charge on any atom is -0.469 e. The zero-order valence-electron chi connectivity index (χ0n) is 11.0. The average Bonchev–Trinajstić information content (AvgIpc) is 2.19. The number of allylic oxidation sites excluding steroid dienone is 1. The monoisotopic (exact) mass is 224 g/mol. The lowest BCUT2D eigenvalue weighted by Gasteiger charge is -2.38. The Hall–Kier alpha value is -0.790. The first-order valence-corrected chi connectivity index (χ1v) is 6.09. The molecule has 0 aromatic heterocycles. The second-order valence-electron chi connectivity index (χ2n) is 5.97. The molecule has 0 unspecified atom stereocenters. The maximum absolute atomic E-state index is 11.3. The lowest BCUT2D eigenvalue weighted by atomic mass is 9.67. The van der Waals surface area contributed by atoms with Crippen LogP contribution in [0.15, 0.2) is 12.2 Å². The Labute approximate surface area is 99.1 Å². The topological polar surface area (TPSA) is 26.3 Å². The predicted octanol–water partition coefficient (Wildman–Crippen LogP) is 3.57. The summed E-state index contributed by atoms with van der Waals surface area (Å²) in [5.74, 6) is 0.902. The van der Waals surface area contributed by atoms with E-state index in [0.717, 1.165) is 12.8 Å². The standard InChI is InChI=1S/C14H24O2/c1-10-6-7-12(14(2,3)4)8-11(10)9-13(15)16-5/h11-12H,1,6-9H2,2-5H3/t11-,12+/m1/s1. The van der Waals surface area contributed by atoms with E-state index in [2.05, 4.69) is 27.4 Å². The highest BCUT2D eigenvalue weighted by atomic mass is 16.5. The van der Waals surface area contributed by atoms with Crippen LogP contribution < -0.4 is 0 Å². The lowest BCUT2D eigenvalue weighted by Crippen LogP contribution is -2.29. The quantitative estimate of drug-likeness (QED) is 0.529. The number of carbonyl (C=O) groups is 1. The molecule has 0 radical (unpaired) electrons. The van der Waals surface area contributed by atoms with E-state index in [1.807, 2.05) is 0 Å². The van der Waals surface area contributed by atoms with Gasteiger partial charge in [-0.1, -0.05) is 32.9 Å². The van der Waals surface area contributed by atoms with Gasteiger partial charge in [0.15, 0.2) is 0 Å². The van der Waals surface area contributed by atoms with Crippen LogP contribution in [0.2, 0.25) is 0 Å². The summed E-state index contributed by atoms with van der Waals surface area (Å²) >= 11 is 0. The highest BCUT2D eigenvalue weighted by molar-refractivity contribution is 5.70. The van der Waals surface area contributed by atoms with Crippen LogP contribution in [0.3, 0.4) is 0 Å². The van der Waals surface area contributed by atoms with Crippen LogP contribution in [0, 0.1) is 17.3 Å². The molecule has 0 N–H and O–H groups in total. The van der Waals surface area contributed by atoms with Crippen LogP contribution in [-0.2, 0) is 9.53 Å². The minimum absolute atomic E-state index is 0.110. The molecule has 2 atom stereocenters. The summed E-state index contributed by atoms with van der Waals surface area (Å²) in [7, 11) is 1.45. The van der Waals surface area contributed by atoms with Gasteiger partial charge in [-0.15, -0.1) is 0 Å². The first-order valence-electron chi connectivity index (χ1n) is 6.09. The number of hydrogen-bond acceptors (Lipinski definition) is 2. The molecule has 0 heterocycles. The molecule has 0 amide bonds. The van der Waals surface area contributed by atoms with Gasteiger partial charge in [-0.25, -0.2) is 0 Å². The molecule has 0 spiro atoms. The molecule has 92 valence electrons. The Morgan fingerprint density at radius 1 is 1.50 bits per heavy atom. The van der Waals surface area contributed by atoms with E-state index < -0.39 is 0 Å². The van der Waals surface area contributed by atoms with Gasteiger partial charge in [-0.05, 0) is 36.5 Å². The van der Waals surface area contributed by atoms with E-state index in [1.54, 1.807) is 0 Å². The van der Waals surface area contributed by atoms with Gasteiger partial charge in [0.1, 0.15) is 0 Å². The Bertz CT molecular complexity index is 273. The number of rotatable bonds is 2. The Balaban J connectivity index is 2.62. The van der Waals surface area contributed by atoms with E-state index in [9.17, 15) is 4.79 Å². The molecule has 1 aliphatic rings. The molecule has 1 fully saturated rings. The van der Waals surface area contributed by atoms with Crippen LogP contribution in [0.5, 0.6) is 0 Å². The zero-order chi connectivity index (χ0) is 12.3. The van der Waals surface area contributed by atoms with Crippen molar-refractivity contribution in [2.75, 3.05) is 7.11 Å². The first-order chi connectivity index (χ1) is 7.34. The fourth-order valence-corrected chi connectivity index (χ4v) is 2.49. The second kappa shape index (κ2) is 5.03. The largest absolute Gasteiger partial charge is 0.469 e. The number of carbonyl (C=O) groups excluding carboxylic acids is 1. The van der Waals surface area contributed by atoms with E-state index in [4.69, 9.17) is 4.74 Å². The van der Waals surface area contributed by atoms with Crippen molar-refractivity contribution in [3.8, 4) is 0 Å². The molecule has 0 bridgehead atoms. The van der Waals surface area contributed by atoms with E-state index in [0.29, 0.717) is 23.7 Å². The van der Waals surface area contributed by atoms with Gasteiger partial charge in [0, 0.05) is 0 Å². The third kappa shape index (κ3) is 3.36. The smallest absolute Gasteiger partial charge is 0.306 e. The fourth-order valence-electron chi connectivity index (χ4n) is 2.49. The normalized spacial score (nSPS) is 26.6. The van der Waals surface area contributed by atoms with Crippen molar-refractivity contribution < 1.29 is 9.53 Å². The third-order valence-corrected chi connectivity index (χ3v) is 3.83. The number of esters is 1. The van der Waals surface area contributed by atoms with Gasteiger partial charge in [0.2, 0.25) is 0 Å². The molecule has 0 saturated heterocycles. The van der Waals surface area contributed by atoms with Crippen LogP contribution in [0.25, 0.3) is 0 Å². The highest BCUT2D eigenvalue weighted by Gasteiger charge is 2.33. The van der Waals surface area contributed by atoms with Crippen LogP contribution in [0.4, 0.5) is 0 Å². The van der Waals surface area contributed by atoms with Gasteiger partial charge < -0.3 is 4.74 Å². The molecule has 2 nitrogen and oxygen atoms in total. The lowest BCUT2D eigenvalue weighted by molar-refractivity contribution is -0.141. The Morgan fingerprint density at radius 2 is 2.12 bits per heavy atom. The highest BCUT2D eigenvalue weighted by Crippen LogP contribution is 2.43. The number of hydrogen-bond donors (Lipinski definition) is 0. The van der Waals surface area contributed by atoms with E-state index in [-0.39, 0.29) is 5.97 Å². The van der Waals surface area contributed by atoms with Crippen molar-refractivity contribution in [2.45, 2.75) is 46.5 Å². The van der Waals surface area contributed by atoms with Crippen molar-refractivity contribution in [3.63, 3.8) is 0 Å². The molecule has 0 aromatic rings. The van der Waals surface area contributed by atoms with Crippen molar-refractivity contribution in [3.05, 3.63) is 12.2 Å². The minimum atomic E-state index is -0.110. The summed E-state index contributed by atoms with van der Waals surface area (Å²) in [6, 6.07) is 0. The van der Waals surface area contributed by atoms with Crippen molar-refractivity contribution in [1.29, 1.82) is 0 Å². The Morgan fingerprint density at radius 3 is 2.62 bits per heavy atom. The summed E-state index contributed by atoms with van der Waals surface area (Å²) in [5, 5.41) is 0. The summed E-state index contributed by atoms with van der Waals surface area (Å²) in [6.45, 7) is 10.9. The van der Waals surface area contributed by atoms with Crippen LogP contribution >= 0.6 is 0 Å². The molecular weight excluding hydrogens is 200 g/mol. The molecule has 0 aromatic carbocycles. The van der Waals surface area contributed by atoms with E-state index in [1.165, 1.54) is 19.1 Å². The van der Waals surface area contributed by atoms with Crippen LogP contribution in [-0.4, -0.2) is 13.1 Å². The molecule has 1 rings (SSSR count). The SMILES string of the molecule is C=C1CC[C@H](C(C)(C)C)C[C@@H]1CC(=O)OC. The molecular formula is C14H24O2. The maximum Gasteiger partial charge on any atom is 0.306 e. The first kappa shape index (κ1) is 13.3. The van der Waals surface area contributed by atoms with Gasteiger partial charge in [-0.3, -0.25) is 4.79 Å². The average molecular weight is 224 g/mol. The summed E-state index contributed by atoms with van der Waals surface area (Å²) < 4.78 is 4.74. The summed E-state index contributed by atoms with van der Waals surface area (Å²) in [6.07, 6.45) is 3.85. The fraction of sp³-hybridized carbons (Fsp3) is 0.786. The second-order valence-corrected chi connectivity index (χ2v) is 5.97. The van der Waals surface area contributed by atoms with Gasteiger partial charge in [0.25, 0.3) is 0 Å². The maximum atomic E-state index is 11.3. The molecule has 2 heteroatoms. The summed E-state index contributed by atoms with van der Waals surface area (Å²) in [4.78, 5) is 11.3. The van der Waals surface area contributed by atoms with E-state index >= 15 is 0 Å². The van der Waals surface area contributed by atoms with Crippen molar-refractivity contribution >= 4 is 5.97 Å². The molecule has 16 heavy (non-hydrogen) atoms. The van der Waals surface area contributed by atoms with Crippen molar-refractivity contribution in [2.24, 2.45) is 17.3 Å². The number of methoxy groups -OCH3 is 1. The number of ether oxygens (including phenoxy) is 1. The Kier molecular flexibility index (Phi) is 4.17. The molecule has 1 aliphatic carbocycles. The van der Waals surface area contributed by atoms with Gasteiger partial charge in [-0.2, -0.15) is 0 Å². The zero-order valence-corrected chi connectivity index (χ0v) is 11.0. The van der Waals surface area contributed by atoms with Crippen LogP contribution in [0.1, 0.15) is 46.5 Å². The third-order valence-electron chi connectivity index (χ3n) is 3.83. The molecule has 0 aliphatic heterocycles.